The zero-order valence-electron chi connectivity index (χ0n) is 16.3. The Labute approximate surface area is 168 Å². The average molecular weight is 387 g/mol. The molecule has 2 aromatic heterocycles. The number of amides is 1. The molecular formula is C23H21N3O3. The number of aromatic nitrogens is 2. The van der Waals surface area contributed by atoms with Crippen LogP contribution in [0.4, 0.5) is 5.69 Å². The van der Waals surface area contributed by atoms with Gasteiger partial charge in [0.05, 0.1) is 30.8 Å². The van der Waals surface area contributed by atoms with Gasteiger partial charge in [-0.2, -0.15) is 0 Å². The Kier molecular flexibility index (Phi) is 5.35. The molecule has 29 heavy (non-hydrogen) atoms. The van der Waals surface area contributed by atoms with E-state index in [0.717, 1.165) is 16.5 Å². The number of ether oxygens (including phenoxy) is 1. The molecule has 6 nitrogen and oxygen atoms in total. The van der Waals surface area contributed by atoms with E-state index in [1.807, 2.05) is 68.4 Å². The predicted molar refractivity (Wildman–Crippen MR) is 112 cm³/mol. The van der Waals surface area contributed by atoms with Crippen LogP contribution >= 0.6 is 0 Å². The number of nitrogens with one attached hydrogen (secondary N) is 1. The second kappa shape index (κ2) is 8.24. The molecule has 0 saturated heterocycles. The van der Waals surface area contributed by atoms with Gasteiger partial charge in [0.2, 0.25) is 0 Å². The van der Waals surface area contributed by atoms with Crippen molar-refractivity contribution in [1.29, 1.82) is 0 Å². The van der Waals surface area contributed by atoms with Crippen LogP contribution in [0.15, 0.2) is 71.4 Å². The number of hydrogen-bond acceptors (Lipinski definition) is 5. The quantitative estimate of drug-likeness (QED) is 0.500. The number of benzene rings is 2. The number of rotatable bonds is 6. The highest BCUT2D eigenvalue weighted by Crippen LogP contribution is 2.27. The molecule has 2 heterocycles. The lowest BCUT2D eigenvalue weighted by Gasteiger charge is -2.09. The summed E-state index contributed by atoms with van der Waals surface area (Å²) in [6, 6.07) is 17.2. The van der Waals surface area contributed by atoms with E-state index < -0.39 is 0 Å². The molecule has 0 bridgehead atoms. The van der Waals surface area contributed by atoms with E-state index in [4.69, 9.17) is 9.15 Å². The van der Waals surface area contributed by atoms with Crippen molar-refractivity contribution in [2.24, 2.45) is 0 Å². The van der Waals surface area contributed by atoms with Gasteiger partial charge in [-0.15, -0.1) is 0 Å². The molecule has 0 aliphatic heterocycles. The van der Waals surface area contributed by atoms with Crippen LogP contribution in [0.25, 0.3) is 22.4 Å². The van der Waals surface area contributed by atoms with Crippen molar-refractivity contribution in [1.82, 2.24) is 9.97 Å². The standard InChI is InChI=1S/C23H21N3O3/c1-15(2)28-14-19-18-10-6-7-11-20(18)29-21(19)23(27)26-17-12-24-22(25-13-17)16-8-4-3-5-9-16/h3-13,15H,14H2,1-2H3,(H,26,27). The number of fused-ring (bicyclic) bond motifs is 1. The van der Waals surface area contributed by atoms with Gasteiger partial charge in [0.1, 0.15) is 5.58 Å². The predicted octanol–water partition coefficient (Wildman–Crippen LogP) is 5.07. The SMILES string of the molecule is CC(C)OCc1c(C(=O)Nc2cnc(-c3ccccc3)nc2)oc2ccccc12. The summed E-state index contributed by atoms with van der Waals surface area (Å²) >= 11 is 0. The Bertz CT molecular complexity index is 1120. The van der Waals surface area contributed by atoms with Crippen LogP contribution in [-0.4, -0.2) is 22.0 Å². The molecule has 146 valence electrons. The average Bonchev–Trinajstić information content (AvgIpc) is 3.12. The third-order valence-electron chi connectivity index (χ3n) is 4.41. The van der Waals surface area contributed by atoms with Crippen LogP contribution in [0.1, 0.15) is 30.0 Å². The van der Waals surface area contributed by atoms with Crippen LogP contribution in [0, 0.1) is 0 Å². The molecular weight excluding hydrogens is 366 g/mol. The van der Waals surface area contributed by atoms with Crippen LogP contribution in [0.2, 0.25) is 0 Å². The highest BCUT2D eigenvalue weighted by molar-refractivity contribution is 6.06. The van der Waals surface area contributed by atoms with E-state index >= 15 is 0 Å². The van der Waals surface area contributed by atoms with E-state index in [1.54, 1.807) is 12.4 Å². The maximum atomic E-state index is 12.9. The Morgan fingerprint density at radius 3 is 2.45 bits per heavy atom. The van der Waals surface area contributed by atoms with Crippen LogP contribution in [0.5, 0.6) is 0 Å². The van der Waals surface area contributed by atoms with Crippen molar-refractivity contribution >= 4 is 22.6 Å². The normalized spacial score (nSPS) is 11.1. The maximum absolute atomic E-state index is 12.9. The largest absolute Gasteiger partial charge is 0.451 e. The Balaban J connectivity index is 1.58. The van der Waals surface area contributed by atoms with Gasteiger partial charge >= 0.3 is 0 Å². The summed E-state index contributed by atoms with van der Waals surface area (Å²) in [6.07, 6.45) is 3.21. The molecule has 4 aromatic rings. The molecule has 1 N–H and O–H groups in total. The lowest BCUT2D eigenvalue weighted by atomic mass is 10.1. The number of nitrogens with zero attached hydrogens (tertiary/aromatic N) is 2. The molecule has 0 fully saturated rings. The second-order valence-electron chi connectivity index (χ2n) is 6.88. The number of furan rings is 1. The second-order valence-corrected chi connectivity index (χ2v) is 6.88. The molecule has 0 saturated carbocycles. The van der Waals surface area contributed by atoms with Crippen molar-refractivity contribution in [2.45, 2.75) is 26.6 Å². The molecule has 0 aliphatic rings. The Hall–Kier alpha value is -3.51. The van der Waals surface area contributed by atoms with Crippen molar-refractivity contribution in [3.05, 3.63) is 78.3 Å². The third-order valence-corrected chi connectivity index (χ3v) is 4.41. The van der Waals surface area contributed by atoms with E-state index in [0.29, 0.717) is 23.7 Å². The van der Waals surface area contributed by atoms with Gasteiger partial charge in [-0.3, -0.25) is 4.79 Å². The van der Waals surface area contributed by atoms with Gasteiger partial charge in [-0.05, 0) is 19.9 Å². The molecule has 6 heteroatoms. The number of carbonyl (C=O) groups is 1. The summed E-state index contributed by atoms with van der Waals surface area (Å²) in [5, 5.41) is 3.68. The fourth-order valence-electron chi connectivity index (χ4n) is 2.99. The van der Waals surface area contributed by atoms with Gasteiger partial charge in [-0.1, -0.05) is 48.5 Å². The molecule has 0 aliphatic carbocycles. The summed E-state index contributed by atoms with van der Waals surface area (Å²) in [5.41, 5.74) is 2.78. The van der Waals surface area contributed by atoms with Crippen molar-refractivity contribution in [3.63, 3.8) is 0 Å². The van der Waals surface area contributed by atoms with E-state index in [2.05, 4.69) is 15.3 Å². The molecule has 4 rings (SSSR count). The van der Waals surface area contributed by atoms with E-state index in [-0.39, 0.29) is 17.8 Å². The van der Waals surface area contributed by atoms with Crippen molar-refractivity contribution in [3.8, 4) is 11.4 Å². The number of para-hydroxylation sites is 1. The minimum atomic E-state index is -0.361. The fraction of sp³-hybridized carbons (Fsp3) is 0.174. The summed E-state index contributed by atoms with van der Waals surface area (Å²) in [4.78, 5) is 21.6. The molecule has 1 amide bonds. The van der Waals surface area contributed by atoms with Crippen molar-refractivity contribution in [2.75, 3.05) is 5.32 Å². The molecule has 0 atom stereocenters. The number of anilines is 1. The Morgan fingerprint density at radius 2 is 1.72 bits per heavy atom. The summed E-state index contributed by atoms with van der Waals surface area (Å²) in [6.45, 7) is 4.20. The fourth-order valence-corrected chi connectivity index (χ4v) is 2.99. The Morgan fingerprint density at radius 1 is 1.03 bits per heavy atom. The van der Waals surface area contributed by atoms with Gasteiger partial charge in [-0.25, -0.2) is 9.97 Å². The lowest BCUT2D eigenvalue weighted by Crippen LogP contribution is -2.14. The summed E-state index contributed by atoms with van der Waals surface area (Å²) in [5.74, 6) is 0.469. The van der Waals surface area contributed by atoms with Crippen molar-refractivity contribution < 1.29 is 13.9 Å². The molecule has 0 radical (unpaired) electrons. The zero-order valence-corrected chi connectivity index (χ0v) is 16.3. The van der Waals surface area contributed by atoms with Gasteiger partial charge in [0, 0.05) is 16.5 Å². The zero-order chi connectivity index (χ0) is 20.2. The first-order chi connectivity index (χ1) is 14.1. The summed E-state index contributed by atoms with van der Waals surface area (Å²) < 4.78 is 11.6. The first-order valence-corrected chi connectivity index (χ1v) is 9.42. The van der Waals surface area contributed by atoms with Gasteiger partial charge in [0.15, 0.2) is 11.6 Å². The van der Waals surface area contributed by atoms with Crippen LogP contribution in [-0.2, 0) is 11.3 Å². The number of carbonyl (C=O) groups excluding carboxylic acids is 1. The van der Waals surface area contributed by atoms with Crippen LogP contribution < -0.4 is 5.32 Å². The number of hydrogen-bond donors (Lipinski definition) is 1. The highest BCUT2D eigenvalue weighted by Gasteiger charge is 2.21. The molecule has 0 unspecified atom stereocenters. The topological polar surface area (TPSA) is 77.2 Å². The minimum Gasteiger partial charge on any atom is -0.451 e. The molecule has 0 spiro atoms. The monoisotopic (exact) mass is 387 g/mol. The highest BCUT2D eigenvalue weighted by atomic mass is 16.5. The van der Waals surface area contributed by atoms with Gasteiger partial charge < -0.3 is 14.5 Å². The van der Waals surface area contributed by atoms with E-state index in [9.17, 15) is 4.79 Å². The van der Waals surface area contributed by atoms with Gasteiger partial charge in [0.25, 0.3) is 5.91 Å². The first kappa shape index (κ1) is 18.8. The first-order valence-electron chi connectivity index (χ1n) is 9.42. The summed E-state index contributed by atoms with van der Waals surface area (Å²) in [7, 11) is 0. The minimum absolute atomic E-state index is 0.0403. The lowest BCUT2D eigenvalue weighted by molar-refractivity contribution is 0.0648. The maximum Gasteiger partial charge on any atom is 0.291 e. The molecule has 2 aromatic carbocycles. The third kappa shape index (κ3) is 4.17. The smallest absolute Gasteiger partial charge is 0.291 e. The van der Waals surface area contributed by atoms with E-state index in [1.165, 1.54) is 0 Å². The van der Waals surface area contributed by atoms with Crippen LogP contribution in [0.3, 0.4) is 0 Å².